The van der Waals surface area contributed by atoms with Crippen LogP contribution in [-0.2, 0) is 12.8 Å². The third kappa shape index (κ3) is 4.08. The average Bonchev–Trinajstić information content (AvgIpc) is 3.22. The first-order valence-electron chi connectivity index (χ1n) is 10.3. The van der Waals surface area contributed by atoms with Gasteiger partial charge in [0.05, 0.1) is 4.88 Å². The van der Waals surface area contributed by atoms with Crippen molar-refractivity contribution in [3.8, 4) is 11.1 Å². The van der Waals surface area contributed by atoms with Crippen LogP contribution in [-0.4, -0.2) is 11.6 Å². The fourth-order valence-corrected chi connectivity index (χ4v) is 5.24. The summed E-state index contributed by atoms with van der Waals surface area (Å²) >= 11 is 1.57. The minimum Gasteiger partial charge on any atom is -0.294 e. The second kappa shape index (κ2) is 8.52. The van der Waals surface area contributed by atoms with Crippen molar-refractivity contribution in [2.24, 2.45) is 5.92 Å². The number of fused-ring (bicyclic) bond motifs is 1. The molecule has 1 aliphatic carbocycles. The summed E-state index contributed by atoms with van der Waals surface area (Å²) in [7, 11) is 0. The molecular weight excluding hydrogens is 352 g/mol. The number of aryl methyl sites for hydroxylation is 2. The second-order valence-electron chi connectivity index (χ2n) is 7.76. The van der Waals surface area contributed by atoms with E-state index >= 15 is 0 Å². The monoisotopic (exact) mass is 382 g/mol. The fraction of sp³-hybridized carbons (Fsp3) is 0.500. The highest BCUT2D eigenvalue weighted by Gasteiger charge is 2.26. The van der Waals surface area contributed by atoms with Gasteiger partial charge in [-0.25, -0.2) is 0 Å². The molecule has 0 fully saturated rings. The Morgan fingerprint density at radius 2 is 1.89 bits per heavy atom. The van der Waals surface area contributed by atoms with Crippen LogP contribution < -0.4 is 0 Å². The van der Waals surface area contributed by atoms with E-state index in [2.05, 4.69) is 26.8 Å². The number of hydrogen-bond donors (Lipinski definition) is 0. The van der Waals surface area contributed by atoms with Crippen molar-refractivity contribution < 1.29 is 9.59 Å². The van der Waals surface area contributed by atoms with Crippen LogP contribution in [0.5, 0.6) is 0 Å². The van der Waals surface area contributed by atoms with E-state index in [1.165, 1.54) is 47.3 Å². The Morgan fingerprint density at radius 1 is 1.15 bits per heavy atom. The van der Waals surface area contributed by atoms with Crippen LogP contribution in [0.1, 0.15) is 88.9 Å². The highest BCUT2D eigenvalue weighted by Crippen LogP contribution is 2.40. The minimum atomic E-state index is 0.119. The van der Waals surface area contributed by atoms with Crippen molar-refractivity contribution in [1.82, 2.24) is 0 Å². The van der Waals surface area contributed by atoms with Gasteiger partial charge in [0.25, 0.3) is 0 Å². The van der Waals surface area contributed by atoms with E-state index in [1.54, 1.807) is 18.3 Å². The summed E-state index contributed by atoms with van der Waals surface area (Å²) in [6.07, 6.45) is 7.40. The first kappa shape index (κ1) is 20.0. The first-order valence-corrected chi connectivity index (χ1v) is 11.1. The van der Waals surface area contributed by atoms with Crippen LogP contribution >= 0.6 is 11.3 Å². The molecule has 3 heteroatoms. The molecule has 2 aromatic rings. The molecule has 0 atom stereocenters. The van der Waals surface area contributed by atoms with E-state index in [9.17, 15) is 9.59 Å². The Balaban J connectivity index is 2.00. The molecule has 0 N–H and O–H groups in total. The van der Waals surface area contributed by atoms with Crippen LogP contribution in [0.4, 0.5) is 0 Å². The molecule has 1 aromatic carbocycles. The predicted molar refractivity (Wildman–Crippen MR) is 114 cm³/mol. The summed E-state index contributed by atoms with van der Waals surface area (Å²) in [5.41, 5.74) is 5.84. The number of rotatable bonds is 8. The molecular formula is C24H30O2S. The summed E-state index contributed by atoms with van der Waals surface area (Å²) in [6.45, 7) is 8.28. The van der Waals surface area contributed by atoms with Gasteiger partial charge in [-0.1, -0.05) is 45.2 Å². The Hall–Kier alpha value is -1.74. The molecule has 27 heavy (non-hydrogen) atoms. The van der Waals surface area contributed by atoms with Crippen molar-refractivity contribution in [2.75, 3.05) is 0 Å². The number of hydrogen-bond acceptors (Lipinski definition) is 3. The Labute approximate surface area is 167 Å². The molecule has 144 valence electrons. The maximum atomic E-state index is 12.3. The zero-order chi connectivity index (χ0) is 19.6. The van der Waals surface area contributed by atoms with E-state index in [-0.39, 0.29) is 11.6 Å². The van der Waals surface area contributed by atoms with Crippen molar-refractivity contribution in [1.29, 1.82) is 0 Å². The van der Waals surface area contributed by atoms with Crippen LogP contribution in [0.3, 0.4) is 0 Å². The van der Waals surface area contributed by atoms with E-state index in [0.717, 1.165) is 34.8 Å². The van der Waals surface area contributed by atoms with Crippen molar-refractivity contribution in [3.05, 3.63) is 44.6 Å². The van der Waals surface area contributed by atoms with Gasteiger partial charge in [0.1, 0.15) is 0 Å². The lowest BCUT2D eigenvalue weighted by Crippen LogP contribution is -2.01. The Bertz CT molecular complexity index is 856. The molecule has 0 spiro atoms. The Kier molecular flexibility index (Phi) is 6.31. The highest BCUT2D eigenvalue weighted by molar-refractivity contribution is 7.14. The molecule has 0 amide bonds. The molecule has 0 unspecified atom stereocenters. The lowest BCUT2D eigenvalue weighted by atomic mass is 9.88. The number of ketones is 2. The van der Waals surface area contributed by atoms with Crippen LogP contribution in [0.25, 0.3) is 11.1 Å². The summed E-state index contributed by atoms with van der Waals surface area (Å²) in [4.78, 5) is 26.2. The van der Waals surface area contributed by atoms with Crippen molar-refractivity contribution >= 4 is 22.9 Å². The molecule has 1 heterocycles. The van der Waals surface area contributed by atoms with Crippen molar-refractivity contribution in [2.45, 2.75) is 72.6 Å². The van der Waals surface area contributed by atoms with Crippen LogP contribution in [0.15, 0.2) is 18.2 Å². The molecule has 3 rings (SSSR count). The normalized spacial score (nSPS) is 13.4. The maximum absolute atomic E-state index is 12.3. The number of thiophene rings is 1. The van der Waals surface area contributed by atoms with Gasteiger partial charge in [-0.3, -0.25) is 9.59 Å². The molecule has 0 saturated heterocycles. The molecule has 2 nitrogen and oxygen atoms in total. The third-order valence-electron chi connectivity index (χ3n) is 6.05. The number of Topliss-reactive ketones (excluding diaryl/α,β-unsaturated/α-hetero) is 2. The van der Waals surface area contributed by atoms with Gasteiger partial charge in [-0.2, -0.15) is 0 Å². The second-order valence-corrected chi connectivity index (χ2v) is 9.02. The van der Waals surface area contributed by atoms with Gasteiger partial charge < -0.3 is 0 Å². The SMILES string of the molecule is CCC(CC)CCCc1ccc2c(c1-c1cc(C(C)=O)sc1C)CCC2=O. The van der Waals surface area contributed by atoms with E-state index in [0.29, 0.717) is 6.42 Å². The zero-order valence-electron chi connectivity index (χ0n) is 17.0. The van der Waals surface area contributed by atoms with E-state index in [4.69, 9.17) is 0 Å². The lowest BCUT2D eigenvalue weighted by molar-refractivity contribution is 0.0992. The molecule has 1 aliphatic rings. The Morgan fingerprint density at radius 3 is 2.52 bits per heavy atom. The van der Waals surface area contributed by atoms with E-state index < -0.39 is 0 Å². The lowest BCUT2D eigenvalue weighted by Gasteiger charge is -2.16. The highest BCUT2D eigenvalue weighted by atomic mass is 32.1. The first-order chi connectivity index (χ1) is 13.0. The van der Waals surface area contributed by atoms with Crippen LogP contribution in [0, 0.1) is 12.8 Å². The number of carbonyl (C=O) groups is 2. The zero-order valence-corrected chi connectivity index (χ0v) is 17.8. The van der Waals surface area contributed by atoms with Gasteiger partial charge >= 0.3 is 0 Å². The molecule has 0 radical (unpaired) electrons. The molecule has 0 aliphatic heterocycles. The van der Waals surface area contributed by atoms with Gasteiger partial charge in [-0.05, 0) is 67.3 Å². The molecule has 1 aromatic heterocycles. The number of benzene rings is 1. The van der Waals surface area contributed by atoms with E-state index in [1.807, 2.05) is 12.1 Å². The smallest absolute Gasteiger partial charge is 0.169 e. The fourth-order valence-electron chi connectivity index (χ4n) is 4.32. The molecule has 0 bridgehead atoms. The number of carbonyl (C=O) groups excluding carboxylic acids is 2. The predicted octanol–water partition coefficient (Wildman–Crippen LogP) is 6.81. The van der Waals surface area contributed by atoms with Gasteiger partial charge in [-0.15, -0.1) is 11.3 Å². The third-order valence-corrected chi connectivity index (χ3v) is 7.20. The molecule has 0 saturated carbocycles. The van der Waals surface area contributed by atoms with Crippen molar-refractivity contribution in [3.63, 3.8) is 0 Å². The summed E-state index contributed by atoms with van der Waals surface area (Å²) in [5.74, 6) is 1.18. The van der Waals surface area contributed by atoms with Gasteiger partial charge in [0.15, 0.2) is 11.6 Å². The standard InChI is InChI=1S/C24H30O2S/c1-5-17(6-2)8-7-9-18-10-11-19-20(12-13-22(19)26)24(18)21-14-23(15(3)25)27-16(21)4/h10-11,14,17H,5-9,12-13H2,1-4H3. The minimum absolute atomic E-state index is 0.119. The average molecular weight is 383 g/mol. The maximum Gasteiger partial charge on any atom is 0.169 e. The van der Waals surface area contributed by atoms with Gasteiger partial charge in [0.2, 0.25) is 0 Å². The topological polar surface area (TPSA) is 34.1 Å². The van der Waals surface area contributed by atoms with Gasteiger partial charge in [0, 0.05) is 16.9 Å². The largest absolute Gasteiger partial charge is 0.294 e. The quantitative estimate of drug-likeness (QED) is 0.470. The summed E-state index contributed by atoms with van der Waals surface area (Å²) in [5, 5.41) is 0. The summed E-state index contributed by atoms with van der Waals surface area (Å²) < 4.78 is 0. The van der Waals surface area contributed by atoms with Crippen LogP contribution in [0.2, 0.25) is 0 Å². The summed E-state index contributed by atoms with van der Waals surface area (Å²) in [6, 6.07) is 6.24.